The van der Waals surface area contributed by atoms with Crippen molar-refractivity contribution < 1.29 is 14.3 Å². The van der Waals surface area contributed by atoms with Gasteiger partial charge in [-0.25, -0.2) is 0 Å². The largest absolute Gasteiger partial charge is 0.489 e. The van der Waals surface area contributed by atoms with Crippen LogP contribution in [0.1, 0.15) is 22.3 Å². The Balaban J connectivity index is 0.000000271. The Morgan fingerprint density at radius 2 is 1.38 bits per heavy atom. The second-order valence-corrected chi connectivity index (χ2v) is 8.54. The first kappa shape index (κ1) is 25.1. The minimum Gasteiger partial charge on any atom is -0.489 e. The van der Waals surface area contributed by atoms with Gasteiger partial charge in [-0.2, -0.15) is 0 Å². The van der Waals surface area contributed by atoms with Gasteiger partial charge < -0.3 is 14.8 Å². The summed E-state index contributed by atoms with van der Waals surface area (Å²) in [5.74, 6) is 0.916. The first-order valence-corrected chi connectivity index (χ1v) is 11.8. The van der Waals surface area contributed by atoms with Crippen LogP contribution >= 0.6 is 15.9 Å². The number of anilines is 1. The van der Waals surface area contributed by atoms with E-state index < -0.39 is 0 Å². The fraction of sp³-hybridized carbons (Fsp3) is 0.138. The molecule has 0 unspecified atom stereocenters. The van der Waals surface area contributed by atoms with Crippen molar-refractivity contribution >= 4 is 28.1 Å². The van der Waals surface area contributed by atoms with Crippen LogP contribution in [0.15, 0.2) is 108 Å². The highest BCUT2D eigenvalue weighted by Gasteiger charge is 2.03. The van der Waals surface area contributed by atoms with Gasteiger partial charge in [0, 0.05) is 22.8 Å². The summed E-state index contributed by atoms with van der Waals surface area (Å²) in [7, 11) is 0. The molecule has 4 aromatic carbocycles. The topological polar surface area (TPSA) is 47.6 Å². The summed E-state index contributed by atoms with van der Waals surface area (Å²) < 4.78 is 11.6. The van der Waals surface area contributed by atoms with E-state index in [0.29, 0.717) is 19.7 Å². The number of ether oxygens (including phenoxy) is 2. The normalized spacial score (nSPS) is 9.94. The zero-order valence-electron chi connectivity index (χ0n) is 19.1. The number of benzene rings is 4. The lowest BCUT2D eigenvalue weighted by molar-refractivity contribution is -0.129. The van der Waals surface area contributed by atoms with Gasteiger partial charge in [0.15, 0.2) is 0 Å². The Kier molecular flexibility index (Phi) is 10.2. The van der Waals surface area contributed by atoms with Gasteiger partial charge in [-0.1, -0.05) is 94.8 Å². The number of nitrogens with one attached hydrogen (secondary N) is 1. The number of halogens is 1. The molecule has 34 heavy (non-hydrogen) atoms. The lowest BCUT2D eigenvalue weighted by Crippen LogP contribution is -2.01. The number of rotatable bonds is 9. The van der Waals surface area contributed by atoms with Gasteiger partial charge in [0.05, 0.1) is 0 Å². The molecule has 5 heteroatoms. The van der Waals surface area contributed by atoms with E-state index in [1.54, 1.807) is 0 Å². The van der Waals surface area contributed by atoms with Crippen LogP contribution in [0, 0.1) is 6.92 Å². The lowest BCUT2D eigenvalue weighted by atomic mass is 10.2. The van der Waals surface area contributed by atoms with E-state index in [2.05, 4.69) is 87.5 Å². The van der Waals surface area contributed by atoms with Crippen molar-refractivity contribution in [2.24, 2.45) is 0 Å². The summed E-state index contributed by atoms with van der Waals surface area (Å²) in [5, 5.41) is 3.45. The van der Waals surface area contributed by atoms with Gasteiger partial charge in [0.1, 0.15) is 19.0 Å². The molecule has 0 heterocycles. The summed E-state index contributed by atoms with van der Waals surface area (Å²) >= 11 is 3.46. The van der Waals surface area contributed by atoms with Crippen molar-refractivity contribution in [3.63, 3.8) is 0 Å². The van der Waals surface area contributed by atoms with E-state index >= 15 is 0 Å². The van der Waals surface area contributed by atoms with E-state index in [1.807, 2.05) is 48.5 Å². The Bertz CT molecular complexity index is 1130. The van der Waals surface area contributed by atoms with E-state index in [1.165, 1.54) is 11.1 Å². The second-order valence-electron chi connectivity index (χ2n) is 7.63. The van der Waals surface area contributed by atoms with Gasteiger partial charge in [-0.3, -0.25) is 4.79 Å². The van der Waals surface area contributed by atoms with Crippen molar-refractivity contribution in [3.05, 3.63) is 130 Å². The molecule has 1 N–H and O–H groups in total. The first-order valence-electron chi connectivity index (χ1n) is 11.0. The van der Waals surface area contributed by atoms with Gasteiger partial charge in [-0.15, -0.1) is 0 Å². The average molecular weight is 518 g/mol. The molecule has 0 aromatic heterocycles. The van der Waals surface area contributed by atoms with Crippen molar-refractivity contribution in [1.82, 2.24) is 0 Å². The van der Waals surface area contributed by atoms with Crippen LogP contribution in [0.4, 0.5) is 5.69 Å². The van der Waals surface area contributed by atoms with Crippen LogP contribution in [-0.4, -0.2) is 6.47 Å². The Morgan fingerprint density at radius 1 is 0.765 bits per heavy atom. The monoisotopic (exact) mass is 517 g/mol. The summed E-state index contributed by atoms with van der Waals surface area (Å²) in [4.78, 5) is 9.76. The predicted molar refractivity (Wildman–Crippen MR) is 141 cm³/mol. The zero-order chi connectivity index (χ0) is 24.0. The smallest absolute Gasteiger partial charge is 0.293 e. The van der Waals surface area contributed by atoms with Crippen molar-refractivity contribution in [1.29, 1.82) is 0 Å². The molecule has 0 amide bonds. The molecule has 4 aromatic rings. The highest BCUT2D eigenvalue weighted by molar-refractivity contribution is 9.10. The molecule has 0 aliphatic heterocycles. The minimum absolute atomic E-state index is 0.365. The highest BCUT2D eigenvalue weighted by Crippen LogP contribution is 2.24. The quantitative estimate of drug-likeness (QED) is 0.236. The van der Waals surface area contributed by atoms with Gasteiger partial charge in [-0.05, 0) is 47.4 Å². The van der Waals surface area contributed by atoms with E-state index in [4.69, 9.17) is 4.74 Å². The summed E-state index contributed by atoms with van der Waals surface area (Å²) in [6, 6.07) is 34.3. The zero-order valence-corrected chi connectivity index (χ0v) is 20.7. The first-order chi connectivity index (χ1) is 16.6. The molecule has 4 nitrogen and oxygen atoms in total. The van der Waals surface area contributed by atoms with Crippen LogP contribution in [0.2, 0.25) is 0 Å². The predicted octanol–water partition coefficient (Wildman–Crippen LogP) is 7.31. The molecule has 0 saturated carbocycles. The highest BCUT2D eigenvalue weighted by atomic mass is 79.9. The molecule has 0 spiro atoms. The average Bonchev–Trinajstić information content (AvgIpc) is 2.89. The fourth-order valence-electron chi connectivity index (χ4n) is 3.11. The Hall–Kier alpha value is -3.57. The number of carbonyl (C=O) groups is 1. The third kappa shape index (κ3) is 8.75. The van der Waals surface area contributed by atoms with Crippen LogP contribution in [-0.2, 0) is 29.3 Å². The van der Waals surface area contributed by atoms with Crippen molar-refractivity contribution in [3.8, 4) is 5.75 Å². The molecule has 0 bridgehead atoms. The number of aryl methyl sites for hydroxylation is 1. The Labute approximate surface area is 209 Å². The van der Waals surface area contributed by atoms with E-state index in [0.717, 1.165) is 33.6 Å². The van der Waals surface area contributed by atoms with Crippen LogP contribution in [0.25, 0.3) is 0 Å². The van der Waals surface area contributed by atoms with E-state index in [9.17, 15) is 4.79 Å². The third-order valence-corrected chi connectivity index (χ3v) is 5.52. The Morgan fingerprint density at radius 3 is 2.00 bits per heavy atom. The maximum atomic E-state index is 9.76. The third-order valence-electron chi connectivity index (χ3n) is 5.00. The van der Waals surface area contributed by atoms with Crippen molar-refractivity contribution in [2.45, 2.75) is 26.7 Å². The second kappa shape index (κ2) is 13.9. The van der Waals surface area contributed by atoms with E-state index in [-0.39, 0.29) is 0 Å². The molecule has 0 aliphatic rings. The minimum atomic E-state index is 0.365. The fourth-order valence-corrected chi connectivity index (χ4v) is 3.38. The maximum absolute atomic E-state index is 9.76. The molecular formula is C29H28BrNO3. The number of hydrogen-bond donors (Lipinski definition) is 1. The standard InChI is InChI=1S/C21H20BrNO.C8H8O2/c1-16-7-12-20(23-14-17-8-10-19(22)11-9-17)13-21(16)24-15-18-5-3-2-4-6-18;9-7-10-6-8-4-2-1-3-5-8/h2-13,23H,14-15H2,1H3;1-5,7H,6H2. The number of hydrogen-bond acceptors (Lipinski definition) is 4. The molecule has 0 fully saturated rings. The van der Waals surface area contributed by atoms with Crippen LogP contribution < -0.4 is 10.1 Å². The van der Waals surface area contributed by atoms with Gasteiger partial charge in [0.2, 0.25) is 0 Å². The van der Waals surface area contributed by atoms with Crippen LogP contribution in [0.3, 0.4) is 0 Å². The molecule has 174 valence electrons. The molecule has 0 aliphatic carbocycles. The lowest BCUT2D eigenvalue weighted by Gasteiger charge is -2.13. The summed E-state index contributed by atoms with van der Waals surface area (Å²) in [5.41, 5.74) is 5.62. The molecule has 4 rings (SSSR count). The SMILES string of the molecule is Cc1ccc(NCc2ccc(Br)cc2)cc1OCc1ccccc1.O=COCc1ccccc1. The maximum Gasteiger partial charge on any atom is 0.293 e. The molecule has 0 radical (unpaired) electrons. The number of carbonyl (C=O) groups excluding carboxylic acids is 1. The molecule has 0 saturated heterocycles. The van der Waals surface area contributed by atoms with Crippen LogP contribution in [0.5, 0.6) is 5.75 Å². The van der Waals surface area contributed by atoms with Crippen molar-refractivity contribution in [2.75, 3.05) is 5.32 Å². The molecular weight excluding hydrogens is 490 g/mol. The summed E-state index contributed by atoms with van der Waals surface area (Å²) in [6.45, 7) is 4.25. The van der Waals surface area contributed by atoms with Gasteiger partial charge in [0.25, 0.3) is 6.47 Å². The molecule has 0 atom stereocenters. The summed E-state index contributed by atoms with van der Waals surface area (Å²) in [6.07, 6.45) is 0. The van der Waals surface area contributed by atoms with Gasteiger partial charge >= 0.3 is 0 Å².